The van der Waals surface area contributed by atoms with E-state index in [-0.39, 0.29) is 11.5 Å². The lowest BCUT2D eigenvalue weighted by molar-refractivity contribution is 0.309. The molecule has 0 heterocycles. The van der Waals surface area contributed by atoms with Gasteiger partial charge in [0.05, 0.1) is 11.5 Å². The minimum atomic E-state index is -3.66. The summed E-state index contributed by atoms with van der Waals surface area (Å²) in [6, 6.07) is 12.7. The molecular weight excluding hydrogens is 272 g/mol. The largest absolute Gasteiger partial charge is 0.296 e. The standard InChI is InChI=1S/C16H18O3S/c1-2-3-4-7-12-19-20(17,18)16-11-10-14-8-5-6-9-15(14)13-16/h2,5-6,8-11,13H,1,3-4,7,12H2. The van der Waals surface area contributed by atoms with Gasteiger partial charge in [0.2, 0.25) is 0 Å². The maximum absolute atomic E-state index is 12.1. The van der Waals surface area contributed by atoms with Crippen LogP contribution in [0.2, 0.25) is 0 Å². The van der Waals surface area contributed by atoms with Gasteiger partial charge in [0.15, 0.2) is 0 Å². The van der Waals surface area contributed by atoms with E-state index in [4.69, 9.17) is 4.18 Å². The molecular formula is C16H18O3S. The number of fused-ring (bicyclic) bond motifs is 1. The second-order valence-corrected chi connectivity index (χ2v) is 6.18. The predicted octanol–water partition coefficient (Wildman–Crippen LogP) is 3.90. The maximum atomic E-state index is 12.1. The zero-order valence-corrected chi connectivity index (χ0v) is 12.1. The highest BCUT2D eigenvalue weighted by molar-refractivity contribution is 7.86. The number of benzene rings is 2. The summed E-state index contributed by atoms with van der Waals surface area (Å²) in [6.07, 6.45) is 4.28. The van der Waals surface area contributed by atoms with Crippen molar-refractivity contribution >= 4 is 20.9 Å². The Kier molecular flexibility index (Phi) is 4.93. The molecule has 0 saturated carbocycles. The molecule has 2 rings (SSSR count). The lowest BCUT2D eigenvalue weighted by Gasteiger charge is -2.06. The van der Waals surface area contributed by atoms with Crippen LogP contribution < -0.4 is 0 Å². The average Bonchev–Trinajstić information content (AvgIpc) is 2.46. The van der Waals surface area contributed by atoms with Crippen LogP contribution in [-0.2, 0) is 14.3 Å². The Morgan fingerprint density at radius 1 is 1.05 bits per heavy atom. The van der Waals surface area contributed by atoms with Gasteiger partial charge >= 0.3 is 0 Å². The molecule has 2 aromatic rings. The molecule has 4 heteroatoms. The van der Waals surface area contributed by atoms with Crippen LogP contribution in [0.15, 0.2) is 60.0 Å². The van der Waals surface area contributed by atoms with E-state index in [0.29, 0.717) is 6.42 Å². The normalized spacial score (nSPS) is 11.6. The first-order valence-corrected chi connectivity index (χ1v) is 8.03. The number of unbranched alkanes of at least 4 members (excludes halogenated alkanes) is 2. The molecule has 0 radical (unpaired) electrons. The van der Waals surface area contributed by atoms with E-state index in [0.717, 1.165) is 23.6 Å². The molecule has 0 fully saturated rings. The Morgan fingerprint density at radius 3 is 2.55 bits per heavy atom. The molecule has 106 valence electrons. The van der Waals surface area contributed by atoms with Gasteiger partial charge < -0.3 is 0 Å². The van der Waals surface area contributed by atoms with Crippen LogP contribution in [0.25, 0.3) is 10.8 Å². The molecule has 0 aliphatic carbocycles. The molecule has 20 heavy (non-hydrogen) atoms. The van der Waals surface area contributed by atoms with Crippen LogP contribution in [0.5, 0.6) is 0 Å². The molecule has 0 atom stereocenters. The fourth-order valence-corrected chi connectivity index (χ4v) is 2.93. The van der Waals surface area contributed by atoms with Crippen molar-refractivity contribution in [1.82, 2.24) is 0 Å². The molecule has 3 nitrogen and oxygen atoms in total. The second kappa shape index (κ2) is 6.68. The number of hydrogen-bond acceptors (Lipinski definition) is 3. The Bertz CT molecular complexity index is 690. The van der Waals surface area contributed by atoms with Gasteiger partial charge in [-0.3, -0.25) is 4.18 Å². The molecule has 0 unspecified atom stereocenters. The summed E-state index contributed by atoms with van der Waals surface area (Å²) in [7, 11) is -3.66. The van der Waals surface area contributed by atoms with Crippen molar-refractivity contribution in [2.45, 2.75) is 24.2 Å². The first-order valence-electron chi connectivity index (χ1n) is 6.62. The Balaban J connectivity index is 2.09. The molecule has 0 amide bonds. The monoisotopic (exact) mass is 290 g/mol. The van der Waals surface area contributed by atoms with Gasteiger partial charge in [-0.25, -0.2) is 0 Å². The lowest BCUT2D eigenvalue weighted by Crippen LogP contribution is -2.07. The molecule has 0 aliphatic heterocycles. The minimum absolute atomic E-state index is 0.208. The third kappa shape index (κ3) is 3.68. The van der Waals surface area contributed by atoms with Crippen molar-refractivity contribution in [1.29, 1.82) is 0 Å². The van der Waals surface area contributed by atoms with Crippen LogP contribution in [0.4, 0.5) is 0 Å². The van der Waals surface area contributed by atoms with E-state index in [1.54, 1.807) is 18.2 Å². The van der Waals surface area contributed by atoms with Crippen LogP contribution in [0.1, 0.15) is 19.3 Å². The zero-order valence-electron chi connectivity index (χ0n) is 11.3. The fourth-order valence-electron chi connectivity index (χ4n) is 1.95. The van der Waals surface area contributed by atoms with Gasteiger partial charge in [-0.1, -0.05) is 36.4 Å². The Morgan fingerprint density at radius 2 is 1.80 bits per heavy atom. The zero-order chi connectivity index (χ0) is 14.4. The van der Waals surface area contributed by atoms with Crippen molar-refractivity contribution < 1.29 is 12.6 Å². The summed E-state index contributed by atoms with van der Waals surface area (Å²) in [5.74, 6) is 0. The third-order valence-corrected chi connectivity index (χ3v) is 4.36. The van der Waals surface area contributed by atoms with Gasteiger partial charge in [0.1, 0.15) is 0 Å². The van der Waals surface area contributed by atoms with E-state index < -0.39 is 10.1 Å². The van der Waals surface area contributed by atoms with E-state index >= 15 is 0 Å². The van der Waals surface area contributed by atoms with E-state index in [1.807, 2.05) is 30.3 Å². The Hall–Kier alpha value is -1.65. The van der Waals surface area contributed by atoms with Gasteiger partial charge in [-0.2, -0.15) is 8.42 Å². The SMILES string of the molecule is C=CCCCCOS(=O)(=O)c1ccc2ccccc2c1. The smallest absolute Gasteiger partial charge is 0.266 e. The summed E-state index contributed by atoms with van der Waals surface area (Å²) in [4.78, 5) is 0.208. The topological polar surface area (TPSA) is 43.4 Å². The first kappa shape index (κ1) is 14.8. The quantitative estimate of drug-likeness (QED) is 0.441. The molecule has 2 aromatic carbocycles. The van der Waals surface area contributed by atoms with Crippen molar-refractivity contribution in [2.75, 3.05) is 6.61 Å². The average molecular weight is 290 g/mol. The lowest BCUT2D eigenvalue weighted by atomic mass is 10.1. The van der Waals surface area contributed by atoms with Gasteiger partial charge in [0.25, 0.3) is 10.1 Å². The third-order valence-electron chi connectivity index (χ3n) is 3.05. The van der Waals surface area contributed by atoms with E-state index in [2.05, 4.69) is 6.58 Å². The van der Waals surface area contributed by atoms with Crippen LogP contribution in [0, 0.1) is 0 Å². The summed E-state index contributed by atoms with van der Waals surface area (Å²) in [6.45, 7) is 3.84. The molecule has 0 saturated heterocycles. The summed E-state index contributed by atoms with van der Waals surface area (Å²) < 4.78 is 29.2. The summed E-state index contributed by atoms with van der Waals surface area (Å²) in [5, 5.41) is 1.90. The van der Waals surface area contributed by atoms with Gasteiger partial charge in [-0.15, -0.1) is 6.58 Å². The highest BCUT2D eigenvalue weighted by atomic mass is 32.2. The van der Waals surface area contributed by atoms with Crippen molar-refractivity contribution in [2.24, 2.45) is 0 Å². The highest BCUT2D eigenvalue weighted by Crippen LogP contribution is 2.20. The van der Waals surface area contributed by atoms with Crippen molar-refractivity contribution in [3.8, 4) is 0 Å². The van der Waals surface area contributed by atoms with E-state index in [9.17, 15) is 8.42 Å². The van der Waals surface area contributed by atoms with Crippen LogP contribution >= 0.6 is 0 Å². The molecule has 0 bridgehead atoms. The maximum Gasteiger partial charge on any atom is 0.296 e. The molecule has 0 aliphatic rings. The summed E-state index contributed by atoms with van der Waals surface area (Å²) in [5.41, 5.74) is 0. The predicted molar refractivity (Wildman–Crippen MR) is 81.1 cm³/mol. The molecule has 0 N–H and O–H groups in total. The van der Waals surface area contributed by atoms with Crippen molar-refractivity contribution in [3.05, 3.63) is 55.1 Å². The van der Waals surface area contributed by atoms with Crippen LogP contribution in [0.3, 0.4) is 0 Å². The minimum Gasteiger partial charge on any atom is -0.266 e. The summed E-state index contributed by atoms with van der Waals surface area (Å²) >= 11 is 0. The highest BCUT2D eigenvalue weighted by Gasteiger charge is 2.15. The molecule has 0 spiro atoms. The van der Waals surface area contributed by atoms with E-state index in [1.165, 1.54) is 0 Å². The van der Waals surface area contributed by atoms with Gasteiger partial charge in [-0.05, 0) is 42.2 Å². The van der Waals surface area contributed by atoms with Gasteiger partial charge in [0, 0.05) is 0 Å². The second-order valence-electron chi connectivity index (χ2n) is 4.57. The first-order chi connectivity index (χ1) is 9.63. The number of hydrogen-bond donors (Lipinski definition) is 0. The fraction of sp³-hybridized carbons (Fsp3) is 0.250. The Labute approximate surface area is 120 Å². The number of rotatable bonds is 7. The van der Waals surface area contributed by atoms with Crippen LogP contribution in [-0.4, -0.2) is 15.0 Å². The molecule has 0 aromatic heterocycles. The number of allylic oxidation sites excluding steroid dienone is 1. The van der Waals surface area contributed by atoms with Crippen molar-refractivity contribution in [3.63, 3.8) is 0 Å².